The van der Waals surface area contributed by atoms with Gasteiger partial charge in [0, 0.05) is 24.4 Å². The molecular formula is C16H13F2NO2. The van der Waals surface area contributed by atoms with Gasteiger partial charge < -0.3 is 10.0 Å². The Morgan fingerprint density at radius 2 is 1.81 bits per heavy atom. The van der Waals surface area contributed by atoms with E-state index in [0.717, 1.165) is 6.08 Å². The van der Waals surface area contributed by atoms with Crippen LogP contribution in [0.5, 0.6) is 0 Å². The zero-order chi connectivity index (χ0) is 15.4. The lowest BCUT2D eigenvalue weighted by atomic mass is 10.1. The van der Waals surface area contributed by atoms with Crippen molar-refractivity contribution in [2.75, 3.05) is 11.9 Å². The SMILES string of the molecule is CN(c1ccc(F)cc1)c1c(F)cccc1/C=C/C(=O)O. The number of halogens is 2. The quantitative estimate of drug-likeness (QED) is 0.870. The molecule has 0 unspecified atom stereocenters. The molecule has 0 aliphatic heterocycles. The molecule has 0 saturated carbocycles. The van der Waals surface area contributed by atoms with Crippen LogP contribution in [0.4, 0.5) is 20.2 Å². The lowest BCUT2D eigenvalue weighted by molar-refractivity contribution is -0.131. The van der Waals surface area contributed by atoms with Crippen molar-refractivity contribution in [2.24, 2.45) is 0 Å². The van der Waals surface area contributed by atoms with Crippen LogP contribution < -0.4 is 4.90 Å². The van der Waals surface area contributed by atoms with Gasteiger partial charge in [0.2, 0.25) is 0 Å². The highest BCUT2D eigenvalue weighted by Crippen LogP contribution is 2.30. The second-order valence-electron chi connectivity index (χ2n) is 4.38. The number of carboxylic acids is 1. The average molecular weight is 289 g/mol. The molecule has 2 aromatic carbocycles. The molecule has 0 heterocycles. The van der Waals surface area contributed by atoms with Crippen molar-refractivity contribution in [1.82, 2.24) is 0 Å². The molecule has 5 heteroatoms. The molecule has 0 aromatic heterocycles. The van der Waals surface area contributed by atoms with Gasteiger partial charge in [-0.15, -0.1) is 0 Å². The first-order chi connectivity index (χ1) is 9.99. The first kappa shape index (κ1) is 14.7. The number of hydrogen-bond acceptors (Lipinski definition) is 2. The summed E-state index contributed by atoms with van der Waals surface area (Å²) in [7, 11) is 1.63. The first-order valence-corrected chi connectivity index (χ1v) is 6.18. The third-order valence-electron chi connectivity index (χ3n) is 2.97. The van der Waals surface area contributed by atoms with E-state index < -0.39 is 11.8 Å². The number of hydrogen-bond donors (Lipinski definition) is 1. The first-order valence-electron chi connectivity index (χ1n) is 6.18. The Morgan fingerprint density at radius 1 is 1.14 bits per heavy atom. The van der Waals surface area contributed by atoms with E-state index in [1.807, 2.05) is 0 Å². The topological polar surface area (TPSA) is 40.5 Å². The van der Waals surface area contributed by atoms with Crippen LogP contribution in [0, 0.1) is 11.6 Å². The standard InChI is InChI=1S/C16H13F2NO2/c1-19(13-8-6-12(17)7-9-13)16-11(5-10-15(20)21)3-2-4-14(16)18/h2-10H,1H3,(H,20,21)/b10-5+. The van der Waals surface area contributed by atoms with E-state index in [2.05, 4.69) is 0 Å². The van der Waals surface area contributed by atoms with Gasteiger partial charge in [-0.05, 0) is 36.4 Å². The van der Waals surface area contributed by atoms with Crippen LogP contribution in [-0.4, -0.2) is 18.1 Å². The number of carboxylic acid groups (broad SMARTS) is 1. The lowest BCUT2D eigenvalue weighted by Crippen LogP contribution is -2.12. The summed E-state index contributed by atoms with van der Waals surface area (Å²) in [5.74, 6) is -1.99. The summed E-state index contributed by atoms with van der Waals surface area (Å²) in [6, 6.07) is 9.99. The molecule has 0 fully saturated rings. The summed E-state index contributed by atoms with van der Waals surface area (Å²) in [5, 5.41) is 8.69. The highest BCUT2D eigenvalue weighted by atomic mass is 19.1. The minimum absolute atomic E-state index is 0.224. The highest BCUT2D eigenvalue weighted by molar-refractivity contribution is 5.87. The fourth-order valence-electron chi connectivity index (χ4n) is 1.98. The molecule has 0 atom stereocenters. The normalized spacial score (nSPS) is 10.8. The minimum Gasteiger partial charge on any atom is -0.478 e. The maximum atomic E-state index is 14.1. The maximum absolute atomic E-state index is 14.1. The lowest BCUT2D eigenvalue weighted by Gasteiger charge is -2.22. The smallest absolute Gasteiger partial charge is 0.328 e. The number of para-hydroxylation sites is 1. The third kappa shape index (κ3) is 3.45. The Labute approximate surface area is 120 Å². The fourth-order valence-corrected chi connectivity index (χ4v) is 1.98. The number of benzene rings is 2. The molecule has 2 aromatic rings. The van der Waals surface area contributed by atoms with Gasteiger partial charge in [-0.2, -0.15) is 0 Å². The van der Waals surface area contributed by atoms with E-state index in [9.17, 15) is 13.6 Å². The summed E-state index contributed by atoms with van der Waals surface area (Å²) in [6.07, 6.45) is 2.26. The zero-order valence-electron chi connectivity index (χ0n) is 11.3. The third-order valence-corrected chi connectivity index (χ3v) is 2.97. The predicted molar refractivity (Wildman–Crippen MR) is 77.5 cm³/mol. The van der Waals surface area contributed by atoms with Crippen molar-refractivity contribution in [2.45, 2.75) is 0 Å². The van der Waals surface area contributed by atoms with E-state index in [-0.39, 0.29) is 11.5 Å². The molecule has 0 saturated heterocycles. The molecule has 0 amide bonds. The maximum Gasteiger partial charge on any atom is 0.328 e. The van der Waals surface area contributed by atoms with E-state index in [4.69, 9.17) is 5.11 Å². The van der Waals surface area contributed by atoms with Crippen molar-refractivity contribution in [1.29, 1.82) is 0 Å². The molecule has 0 bridgehead atoms. The monoisotopic (exact) mass is 289 g/mol. The van der Waals surface area contributed by atoms with Gasteiger partial charge in [-0.3, -0.25) is 0 Å². The van der Waals surface area contributed by atoms with Crippen LogP contribution in [0.25, 0.3) is 6.08 Å². The van der Waals surface area contributed by atoms with Gasteiger partial charge in [0.05, 0.1) is 5.69 Å². The number of carbonyl (C=O) groups is 1. The van der Waals surface area contributed by atoms with Crippen LogP contribution >= 0.6 is 0 Å². The van der Waals surface area contributed by atoms with E-state index >= 15 is 0 Å². The van der Waals surface area contributed by atoms with Gasteiger partial charge in [-0.25, -0.2) is 13.6 Å². The second kappa shape index (κ2) is 6.17. The molecule has 0 aliphatic carbocycles. The predicted octanol–water partition coefficient (Wildman–Crippen LogP) is 3.83. The molecule has 0 radical (unpaired) electrons. The zero-order valence-corrected chi connectivity index (χ0v) is 11.3. The number of nitrogens with zero attached hydrogens (tertiary/aromatic N) is 1. The van der Waals surface area contributed by atoms with Gasteiger partial charge in [-0.1, -0.05) is 12.1 Å². The summed E-state index contributed by atoms with van der Waals surface area (Å²) < 4.78 is 27.0. The van der Waals surface area contributed by atoms with Gasteiger partial charge >= 0.3 is 5.97 Å². The number of aliphatic carboxylic acids is 1. The average Bonchev–Trinajstić information content (AvgIpc) is 2.45. The summed E-state index contributed by atoms with van der Waals surface area (Å²) in [5.41, 5.74) is 1.23. The van der Waals surface area contributed by atoms with Crippen LogP contribution in [0.3, 0.4) is 0 Å². The molecule has 0 aliphatic rings. The van der Waals surface area contributed by atoms with Crippen LogP contribution in [0.15, 0.2) is 48.5 Å². The Morgan fingerprint density at radius 3 is 2.43 bits per heavy atom. The number of rotatable bonds is 4. The highest BCUT2D eigenvalue weighted by Gasteiger charge is 2.13. The molecule has 3 nitrogen and oxygen atoms in total. The van der Waals surface area contributed by atoms with Crippen LogP contribution in [0.1, 0.15) is 5.56 Å². The van der Waals surface area contributed by atoms with Crippen LogP contribution in [-0.2, 0) is 4.79 Å². The largest absolute Gasteiger partial charge is 0.478 e. The van der Waals surface area contributed by atoms with Crippen molar-refractivity contribution in [3.8, 4) is 0 Å². The number of anilines is 2. The van der Waals surface area contributed by atoms with E-state index in [0.29, 0.717) is 11.3 Å². The van der Waals surface area contributed by atoms with E-state index in [1.54, 1.807) is 13.1 Å². The molecule has 21 heavy (non-hydrogen) atoms. The van der Waals surface area contributed by atoms with Crippen molar-refractivity contribution in [3.63, 3.8) is 0 Å². The molecule has 2 rings (SSSR count). The molecule has 108 valence electrons. The second-order valence-corrected chi connectivity index (χ2v) is 4.38. The Kier molecular flexibility index (Phi) is 4.33. The summed E-state index contributed by atoms with van der Waals surface area (Å²) >= 11 is 0. The Hall–Kier alpha value is -2.69. The molecule has 1 N–H and O–H groups in total. The molecular weight excluding hydrogens is 276 g/mol. The van der Waals surface area contributed by atoms with E-state index in [1.165, 1.54) is 47.4 Å². The van der Waals surface area contributed by atoms with Crippen molar-refractivity contribution < 1.29 is 18.7 Å². The van der Waals surface area contributed by atoms with Gasteiger partial charge in [0.15, 0.2) is 0 Å². The van der Waals surface area contributed by atoms with Gasteiger partial charge in [0.1, 0.15) is 11.6 Å². The Bertz CT molecular complexity index is 681. The summed E-state index contributed by atoms with van der Waals surface area (Å²) in [4.78, 5) is 12.1. The van der Waals surface area contributed by atoms with Crippen molar-refractivity contribution >= 4 is 23.4 Å². The molecule has 0 spiro atoms. The fraction of sp³-hybridized carbons (Fsp3) is 0.0625. The van der Waals surface area contributed by atoms with Gasteiger partial charge in [0.25, 0.3) is 0 Å². The minimum atomic E-state index is -1.12. The Balaban J connectivity index is 2.46. The van der Waals surface area contributed by atoms with Crippen LogP contribution in [0.2, 0.25) is 0 Å². The summed E-state index contributed by atoms with van der Waals surface area (Å²) in [6.45, 7) is 0. The van der Waals surface area contributed by atoms with Crippen molar-refractivity contribution in [3.05, 3.63) is 65.7 Å².